The van der Waals surface area contributed by atoms with Crippen molar-refractivity contribution in [2.24, 2.45) is 0 Å². The van der Waals surface area contributed by atoms with E-state index < -0.39 is 0 Å². The topological polar surface area (TPSA) is 77.2 Å². The fourth-order valence-electron chi connectivity index (χ4n) is 2.72. The normalized spacial score (nSPS) is 10.7. The first-order chi connectivity index (χ1) is 13.2. The molecule has 0 saturated heterocycles. The van der Waals surface area contributed by atoms with Gasteiger partial charge in [0.25, 0.3) is 5.91 Å². The zero-order valence-electron chi connectivity index (χ0n) is 14.7. The van der Waals surface area contributed by atoms with Crippen LogP contribution in [0.25, 0.3) is 22.7 Å². The van der Waals surface area contributed by atoms with Crippen LogP contribution in [0.2, 0.25) is 0 Å². The van der Waals surface area contributed by atoms with Gasteiger partial charge < -0.3 is 14.5 Å². The molecule has 0 unspecified atom stereocenters. The maximum absolute atomic E-state index is 12.5. The molecule has 6 nitrogen and oxygen atoms in total. The average Bonchev–Trinajstić information content (AvgIpc) is 3.13. The zero-order chi connectivity index (χ0) is 18.6. The van der Waals surface area contributed by atoms with E-state index in [0.29, 0.717) is 40.7 Å². The van der Waals surface area contributed by atoms with Crippen molar-refractivity contribution in [2.75, 3.05) is 11.9 Å². The van der Waals surface area contributed by atoms with Crippen molar-refractivity contribution in [3.05, 3.63) is 72.4 Å². The molecule has 1 amide bonds. The largest absolute Gasteiger partial charge is 0.494 e. The minimum Gasteiger partial charge on any atom is -0.494 e. The molecule has 0 saturated carbocycles. The lowest BCUT2D eigenvalue weighted by Gasteiger charge is -2.08. The second-order valence-corrected chi connectivity index (χ2v) is 5.84. The van der Waals surface area contributed by atoms with Crippen LogP contribution in [0.4, 0.5) is 5.69 Å². The Morgan fingerprint density at radius 1 is 1.11 bits per heavy atom. The van der Waals surface area contributed by atoms with Crippen LogP contribution in [0, 0.1) is 0 Å². The Morgan fingerprint density at radius 3 is 2.85 bits per heavy atom. The second-order valence-electron chi connectivity index (χ2n) is 5.84. The molecule has 2 aromatic heterocycles. The molecule has 0 spiro atoms. The molecular weight excluding hydrogens is 342 g/mol. The summed E-state index contributed by atoms with van der Waals surface area (Å²) in [7, 11) is 0. The molecule has 4 rings (SSSR count). The van der Waals surface area contributed by atoms with Crippen molar-refractivity contribution in [3.63, 3.8) is 0 Å². The van der Waals surface area contributed by atoms with E-state index in [1.54, 1.807) is 30.5 Å². The van der Waals surface area contributed by atoms with Crippen LogP contribution >= 0.6 is 0 Å². The van der Waals surface area contributed by atoms with Crippen LogP contribution in [0.3, 0.4) is 0 Å². The first kappa shape index (κ1) is 16.8. The van der Waals surface area contributed by atoms with E-state index in [0.717, 1.165) is 5.56 Å². The Balaban J connectivity index is 1.57. The Bertz CT molecular complexity index is 1070. The van der Waals surface area contributed by atoms with Gasteiger partial charge in [-0.3, -0.25) is 4.79 Å². The van der Waals surface area contributed by atoms with Crippen LogP contribution in [-0.2, 0) is 0 Å². The summed E-state index contributed by atoms with van der Waals surface area (Å²) in [5.74, 6) is 0.906. The number of nitrogens with zero attached hydrogens (tertiary/aromatic N) is 2. The average molecular weight is 359 g/mol. The van der Waals surface area contributed by atoms with Crippen molar-refractivity contribution in [2.45, 2.75) is 6.92 Å². The summed E-state index contributed by atoms with van der Waals surface area (Å²) in [5.41, 5.74) is 3.10. The van der Waals surface area contributed by atoms with E-state index in [9.17, 15) is 4.79 Å². The number of hydrogen-bond acceptors (Lipinski definition) is 5. The molecule has 6 heteroatoms. The third-order valence-electron chi connectivity index (χ3n) is 3.94. The number of fused-ring (bicyclic) bond motifs is 1. The van der Waals surface area contributed by atoms with E-state index in [1.807, 2.05) is 43.3 Å². The molecule has 0 fully saturated rings. The van der Waals surface area contributed by atoms with Crippen molar-refractivity contribution >= 4 is 22.8 Å². The SMILES string of the molecule is CCOc1cccc(C(=O)Nc2cccc(-c3nc4ncccc4o3)c2)c1. The third-order valence-corrected chi connectivity index (χ3v) is 3.94. The summed E-state index contributed by atoms with van der Waals surface area (Å²) < 4.78 is 11.2. The number of carbonyl (C=O) groups is 1. The summed E-state index contributed by atoms with van der Waals surface area (Å²) in [6, 6.07) is 18.0. The Kier molecular flexibility index (Phi) is 4.53. The molecule has 0 aliphatic heterocycles. The molecule has 2 aromatic carbocycles. The first-order valence-electron chi connectivity index (χ1n) is 8.59. The summed E-state index contributed by atoms with van der Waals surface area (Å²) in [5, 5.41) is 2.89. The number of aromatic nitrogens is 2. The quantitative estimate of drug-likeness (QED) is 0.566. The van der Waals surface area contributed by atoms with Crippen LogP contribution in [0.5, 0.6) is 5.75 Å². The Hall–Kier alpha value is -3.67. The van der Waals surface area contributed by atoms with Gasteiger partial charge in [0, 0.05) is 23.0 Å². The zero-order valence-corrected chi connectivity index (χ0v) is 14.7. The van der Waals surface area contributed by atoms with Crippen molar-refractivity contribution in [1.29, 1.82) is 0 Å². The maximum Gasteiger partial charge on any atom is 0.255 e. The summed E-state index contributed by atoms with van der Waals surface area (Å²) in [4.78, 5) is 21.1. The van der Waals surface area contributed by atoms with Gasteiger partial charge in [0.2, 0.25) is 5.89 Å². The Labute approximate surface area is 155 Å². The van der Waals surface area contributed by atoms with Crippen molar-refractivity contribution < 1.29 is 13.9 Å². The number of pyridine rings is 1. The highest BCUT2D eigenvalue weighted by Gasteiger charge is 2.11. The van der Waals surface area contributed by atoms with Gasteiger partial charge in [-0.2, -0.15) is 4.98 Å². The summed E-state index contributed by atoms with van der Waals surface area (Å²) in [6.07, 6.45) is 1.67. The van der Waals surface area contributed by atoms with Crippen molar-refractivity contribution in [3.8, 4) is 17.2 Å². The highest BCUT2D eigenvalue weighted by Crippen LogP contribution is 2.25. The van der Waals surface area contributed by atoms with Gasteiger partial charge in [0.05, 0.1) is 6.61 Å². The molecule has 4 aromatic rings. The molecule has 2 heterocycles. The lowest BCUT2D eigenvalue weighted by Crippen LogP contribution is -2.12. The van der Waals surface area contributed by atoms with E-state index in [4.69, 9.17) is 9.15 Å². The number of hydrogen-bond donors (Lipinski definition) is 1. The van der Waals surface area contributed by atoms with Crippen LogP contribution in [0.15, 0.2) is 71.3 Å². The fraction of sp³-hybridized carbons (Fsp3) is 0.0952. The number of carbonyl (C=O) groups excluding carboxylic acids is 1. The van der Waals surface area contributed by atoms with Gasteiger partial charge >= 0.3 is 0 Å². The van der Waals surface area contributed by atoms with Crippen LogP contribution in [-0.4, -0.2) is 22.5 Å². The number of benzene rings is 2. The number of rotatable bonds is 5. The monoisotopic (exact) mass is 359 g/mol. The fourth-order valence-corrected chi connectivity index (χ4v) is 2.72. The molecule has 0 atom stereocenters. The summed E-state index contributed by atoms with van der Waals surface area (Å²) >= 11 is 0. The number of anilines is 1. The second kappa shape index (κ2) is 7.29. The summed E-state index contributed by atoms with van der Waals surface area (Å²) in [6.45, 7) is 2.45. The molecule has 27 heavy (non-hydrogen) atoms. The number of nitrogens with one attached hydrogen (secondary N) is 1. The molecule has 0 aliphatic carbocycles. The van der Waals surface area contributed by atoms with Gasteiger partial charge in [0.15, 0.2) is 11.2 Å². The van der Waals surface area contributed by atoms with Gasteiger partial charge in [-0.1, -0.05) is 12.1 Å². The van der Waals surface area contributed by atoms with E-state index in [1.165, 1.54) is 0 Å². The highest BCUT2D eigenvalue weighted by atomic mass is 16.5. The van der Waals surface area contributed by atoms with Gasteiger partial charge in [-0.15, -0.1) is 0 Å². The predicted molar refractivity (Wildman–Crippen MR) is 103 cm³/mol. The van der Waals surface area contributed by atoms with E-state index >= 15 is 0 Å². The molecule has 0 radical (unpaired) electrons. The highest BCUT2D eigenvalue weighted by molar-refractivity contribution is 6.04. The Morgan fingerprint density at radius 2 is 2.00 bits per heavy atom. The standard InChI is InChI=1S/C21H17N3O3/c1-2-26-17-9-4-6-14(13-17)20(25)23-16-8-3-7-15(12-16)21-24-19-18(27-21)10-5-11-22-19/h3-13H,2H2,1H3,(H,23,25). The first-order valence-corrected chi connectivity index (χ1v) is 8.59. The minimum atomic E-state index is -0.215. The predicted octanol–water partition coefficient (Wildman–Crippen LogP) is 4.54. The van der Waals surface area contributed by atoms with Crippen LogP contribution < -0.4 is 10.1 Å². The molecule has 0 bridgehead atoms. The lowest BCUT2D eigenvalue weighted by atomic mass is 10.1. The van der Waals surface area contributed by atoms with Gasteiger partial charge in [0.1, 0.15) is 5.75 Å². The smallest absolute Gasteiger partial charge is 0.255 e. The van der Waals surface area contributed by atoms with E-state index in [-0.39, 0.29) is 5.91 Å². The number of oxazole rings is 1. The van der Waals surface area contributed by atoms with Crippen LogP contribution in [0.1, 0.15) is 17.3 Å². The molecular formula is C21H17N3O3. The van der Waals surface area contributed by atoms with E-state index in [2.05, 4.69) is 15.3 Å². The molecule has 0 aliphatic rings. The van der Waals surface area contributed by atoms with Gasteiger partial charge in [-0.05, 0) is 55.5 Å². The van der Waals surface area contributed by atoms with Crippen molar-refractivity contribution in [1.82, 2.24) is 9.97 Å². The number of amides is 1. The van der Waals surface area contributed by atoms with Gasteiger partial charge in [-0.25, -0.2) is 4.98 Å². The molecule has 134 valence electrons. The number of ether oxygens (including phenoxy) is 1. The lowest BCUT2D eigenvalue weighted by molar-refractivity contribution is 0.102. The maximum atomic E-state index is 12.5. The minimum absolute atomic E-state index is 0.215. The molecule has 1 N–H and O–H groups in total. The third kappa shape index (κ3) is 3.64.